The van der Waals surface area contributed by atoms with Crippen LogP contribution in [0, 0.1) is 0 Å². The van der Waals surface area contributed by atoms with E-state index in [0.717, 1.165) is 6.04 Å². The number of hydrogen-bond donors (Lipinski definition) is 1. The molecule has 0 heterocycles. The quantitative estimate of drug-likeness (QED) is 0.710. The number of rotatable bonds is 6. The molecule has 1 saturated carbocycles. The van der Waals surface area contributed by atoms with Crippen molar-refractivity contribution in [1.82, 2.24) is 15.1 Å². The van der Waals surface area contributed by atoms with Crippen LogP contribution in [0.15, 0.2) is 0 Å². The molecule has 0 aliphatic heterocycles. The Labute approximate surface area is 94.8 Å². The topological polar surface area (TPSA) is 18.5 Å². The van der Waals surface area contributed by atoms with E-state index in [1.807, 2.05) is 0 Å². The van der Waals surface area contributed by atoms with E-state index >= 15 is 0 Å². The molecule has 1 rings (SSSR count). The fourth-order valence-electron chi connectivity index (χ4n) is 2.61. The van der Waals surface area contributed by atoms with Crippen LogP contribution in [0.2, 0.25) is 0 Å². The van der Waals surface area contributed by atoms with Crippen molar-refractivity contribution in [3.8, 4) is 0 Å². The second-order valence-corrected chi connectivity index (χ2v) is 5.03. The highest BCUT2D eigenvalue weighted by Crippen LogP contribution is 2.23. The Morgan fingerprint density at radius 2 is 1.87 bits per heavy atom. The van der Waals surface area contributed by atoms with Gasteiger partial charge in [-0.2, -0.15) is 0 Å². The van der Waals surface area contributed by atoms with Crippen LogP contribution < -0.4 is 5.32 Å². The van der Waals surface area contributed by atoms with E-state index < -0.39 is 0 Å². The standard InChI is InChI=1S/C12H27N3/c1-13-11-7-5-8-12(11)15(4)10-6-9-14(2)3/h11-13H,5-10H2,1-4H3. The molecule has 3 nitrogen and oxygen atoms in total. The molecule has 1 fully saturated rings. The molecule has 3 heteroatoms. The first-order valence-electron chi connectivity index (χ1n) is 6.17. The van der Waals surface area contributed by atoms with Gasteiger partial charge in [-0.25, -0.2) is 0 Å². The lowest BCUT2D eigenvalue weighted by Crippen LogP contribution is -2.44. The molecular weight excluding hydrogens is 186 g/mol. The maximum atomic E-state index is 3.44. The molecule has 0 aromatic heterocycles. The van der Waals surface area contributed by atoms with Crippen molar-refractivity contribution in [2.75, 3.05) is 41.3 Å². The fraction of sp³-hybridized carbons (Fsp3) is 1.00. The molecule has 1 aliphatic rings. The third-order valence-electron chi connectivity index (χ3n) is 3.53. The van der Waals surface area contributed by atoms with Crippen molar-refractivity contribution in [2.45, 2.75) is 37.8 Å². The van der Waals surface area contributed by atoms with E-state index in [1.165, 1.54) is 38.8 Å². The summed E-state index contributed by atoms with van der Waals surface area (Å²) in [6.45, 7) is 2.42. The van der Waals surface area contributed by atoms with Gasteiger partial charge in [0.2, 0.25) is 0 Å². The fourth-order valence-corrected chi connectivity index (χ4v) is 2.61. The molecule has 0 radical (unpaired) electrons. The van der Waals surface area contributed by atoms with Crippen molar-refractivity contribution >= 4 is 0 Å². The maximum Gasteiger partial charge on any atom is 0.0246 e. The van der Waals surface area contributed by atoms with Crippen LogP contribution in [0.25, 0.3) is 0 Å². The lowest BCUT2D eigenvalue weighted by atomic mass is 10.1. The molecule has 1 N–H and O–H groups in total. The Hall–Kier alpha value is -0.120. The lowest BCUT2D eigenvalue weighted by Gasteiger charge is -2.29. The van der Waals surface area contributed by atoms with Crippen LogP contribution in [0.4, 0.5) is 0 Å². The number of nitrogens with one attached hydrogen (secondary N) is 1. The van der Waals surface area contributed by atoms with Crippen LogP contribution in [0.1, 0.15) is 25.7 Å². The van der Waals surface area contributed by atoms with E-state index in [-0.39, 0.29) is 0 Å². The highest BCUT2D eigenvalue weighted by atomic mass is 15.2. The maximum absolute atomic E-state index is 3.44. The summed E-state index contributed by atoms with van der Waals surface area (Å²) in [5.74, 6) is 0. The highest BCUT2D eigenvalue weighted by Gasteiger charge is 2.28. The summed E-state index contributed by atoms with van der Waals surface area (Å²) in [6, 6.07) is 1.48. The second-order valence-electron chi connectivity index (χ2n) is 5.03. The van der Waals surface area contributed by atoms with Gasteiger partial charge in [-0.15, -0.1) is 0 Å². The first kappa shape index (κ1) is 12.9. The predicted molar refractivity (Wildman–Crippen MR) is 66.3 cm³/mol. The number of hydrogen-bond acceptors (Lipinski definition) is 3. The van der Waals surface area contributed by atoms with Gasteiger partial charge in [0.05, 0.1) is 0 Å². The minimum atomic E-state index is 0.717. The smallest absolute Gasteiger partial charge is 0.0246 e. The lowest BCUT2D eigenvalue weighted by molar-refractivity contribution is 0.206. The van der Waals surface area contributed by atoms with E-state index in [2.05, 4.69) is 43.3 Å². The summed E-state index contributed by atoms with van der Waals surface area (Å²) in [6.07, 6.45) is 5.37. The summed E-state index contributed by atoms with van der Waals surface area (Å²) >= 11 is 0. The van der Waals surface area contributed by atoms with Gasteiger partial charge in [0, 0.05) is 12.1 Å². The zero-order valence-electron chi connectivity index (χ0n) is 10.8. The first-order chi connectivity index (χ1) is 7.15. The van der Waals surface area contributed by atoms with Crippen LogP contribution >= 0.6 is 0 Å². The van der Waals surface area contributed by atoms with E-state index in [9.17, 15) is 0 Å². The molecular formula is C12H27N3. The zero-order chi connectivity index (χ0) is 11.3. The molecule has 0 aromatic rings. The minimum absolute atomic E-state index is 0.717. The van der Waals surface area contributed by atoms with Crippen molar-refractivity contribution < 1.29 is 0 Å². The van der Waals surface area contributed by atoms with E-state index in [4.69, 9.17) is 0 Å². The first-order valence-corrected chi connectivity index (χ1v) is 6.17. The number of likely N-dealkylation sites (N-methyl/N-ethyl adjacent to an activating group) is 2. The summed E-state index contributed by atoms with van der Waals surface area (Å²) in [7, 11) is 8.66. The molecule has 0 amide bonds. The Bertz CT molecular complexity index is 170. The van der Waals surface area contributed by atoms with Gasteiger partial charge in [0.1, 0.15) is 0 Å². The van der Waals surface area contributed by atoms with Gasteiger partial charge in [0.15, 0.2) is 0 Å². The Balaban J connectivity index is 2.23. The SMILES string of the molecule is CNC1CCCC1N(C)CCCN(C)C. The normalized spacial score (nSPS) is 26.8. The predicted octanol–water partition coefficient (Wildman–Crippen LogP) is 1.01. The number of nitrogens with zero attached hydrogens (tertiary/aromatic N) is 2. The van der Waals surface area contributed by atoms with Gasteiger partial charge in [0.25, 0.3) is 0 Å². The summed E-state index contributed by atoms with van der Waals surface area (Å²) in [5.41, 5.74) is 0. The van der Waals surface area contributed by atoms with Crippen LogP contribution in [-0.4, -0.2) is 63.2 Å². The third-order valence-corrected chi connectivity index (χ3v) is 3.53. The average molecular weight is 213 g/mol. The van der Waals surface area contributed by atoms with Gasteiger partial charge in [-0.3, -0.25) is 0 Å². The van der Waals surface area contributed by atoms with Crippen LogP contribution in [0.5, 0.6) is 0 Å². The van der Waals surface area contributed by atoms with Crippen molar-refractivity contribution in [3.63, 3.8) is 0 Å². The molecule has 15 heavy (non-hydrogen) atoms. The molecule has 2 atom stereocenters. The monoisotopic (exact) mass is 213 g/mol. The Morgan fingerprint density at radius 1 is 1.13 bits per heavy atom. The Kier molecular flexibility index (Phi) is 5.58. The van der Waals surface area contributed by atoms with Gasteiger partial charge >= 0.3 is 0 Å². The van der Waals surface area contributed by atoms with E-state index in [1.54, 1.807) is 0 Å². The summed E-state index contributed by atoms with van der Waals surface area (Å²) in [5, 5.41) is 3.44. The summed E-state index contributed by atoms with van der Waals surface area (Å²) in [4.78, 5) is 4.80. The summed E-state index contributed by atoms with van der Waals surface area (Å²) < 4.78 is 0. The molecule has 1 aliphatic carbocycles. The molecule has 0 bridgehead atoms. The van der Waals surface area contributed by atoms with Crippen molar-refractivity contribution in [2.24, 2.45) is 0 Å². The third kappa shape index (κ3) is 4.09. The second kappa shape index (κ2) is 6.46. The van der Waals surface area contributed by atoms with Gasteiger partial charge < -0.3 is 15.1 Å². The van der Waals surface area contributed by atoms with Gasteiger partial charge in [-0.1, -0.05) is 6.42 Å². The average Bonchev–Trinajstić information content (AvgIpc) is 2.64. The van der Waals surface area contributed by atoms with Crippen molar-refractivity contribution in [1.29, 1.82) is 0 Å². The van der Waals surface area contributed by atoms with Crippen molar-refractivity contribution in [3.05, 3.63) is 0 Å². The molecule has 2 unspecified atom stereocenters. The highest BCUT2D eigenvalue weighted by molar-refractivity contribution is 4.88. The zero-order valence-corrected chi connectivity index (χ0v) is 10.8. The Morgan fingerprint density at radius 3 is 2.47 bits per heavy atom. The minimum Gasteiger partial charge on any atom is -0.315 e. The molecule has 0 aromatic carbocycles. The molecule has 0 spiro atoms. The van der Waals surface area contributed by atoms with Crippen LogP contribution in [-0.2, 0) is 0 Å². The van der Waals surface area contributed by atoms with Gasteiger partial charge in [-0.05, 0) is 60.5 Å². The molecule has 0 saturated heterocycles. The van der Waals surface area contributed by atoms with E-state index in [0.29, 0.717) is 6.04 Å². The molecule has 90 valence electrons. The van der Waals surface area contributed by atoms with Crippen LogP contribution in [0.3, 0.4) is 0 Å². The largest absolute Gasteiger partial charge is 0.315 e.